The van der Waals surface area contributed by atoms with Gasteiger partial charge in [-0.05, 0) is 30.8 Å². The lowest BCUT2D eigenvalue weighted by Crippen LogP contribution is -1.87. The highest BCUT2D eigenvalue weighted by atomic mass is 32.1. The van der Waals surface area contributed by atoms with Gasteiger partial charge in [0, 0.05) is 0 Å². The molecule has 0 aliphatic carbocycles. The molecule has 0 bridgehead atoms. The van der Waals surface area contributed by atoms with Crippen LogP contribution in [0.1, 0.15) is 5.56 Å². The Morgan fingerprint density at radius 1 is 1.55 bits per heavy atom. The Hall–Kier alpha value is -1.09. The second-order valence-corrected chi connectivity index (χ2v) is 2.33. The fourth-order valence-electron chi connectivity index (χ4n) is 0.779. The summed E-state index contributed by atoms with van der Waals surface area (Å²) in [5.74, 6) is 0.550. The van der Waals surface area contributed by atoms with Crippen molar-refractivity contribution in [2.45, 2.75) is 6.92 Å². The van der Waals surface area contributed by atoms with Crippen molar-refractivity contribution in [2.75, 3.05) is 0 Å². The summed E-state index contributed by atoms with van der Waals surface area (Å²) in [7, 11) is 0. The highest BCUT2D eigenvalue weighted by Gasteiger charge is 2.01. The first-order chi connectivity index (χ1) is 5.25. The van der Waals surface area contributed by atoms with Crippen LogP contribution in [-0.4, -0.2) is 10.7 Å². The van der Waals surface area contributed by atoms with Gasteiger partial charge < -0.3 is 9.84 Å². The molecule has 0 saturated carbocycles. The highest BCUT2D eigenvalue weighted by molar-refractivity contribution is 7.78. The van der Waals surface area contributed by atoms with Gasteiger partial charge in [-0.25, -0.2) is 0 Å². The minimum absolute atomic E-state index is 0.147. The number of phenols is 1. The van der Waals surface area contributed by atoms with Crippen molar-refractivity contribution < 1.29 is 9.84 Å². The molecule has 3 heteroatoms. The van der Waals surface area contributed by atoms with Crippen LogP contribution in [0.25, 0.3) is 0 Å². The van der Waals surface area contributed by atoms with Crippen molar-refractivity contribution in [3.05, 3.63) is 23.8 Å². The fraction of sp³-hybridized carbons (Fsp3) is 0.125. The van der Waals surface area contributed by atoms with Crippen LogP contribution < -0.4 is 4.74 Å². The Kier molecular flexibility index (Phi) is 2.44. The summed E-state index contributed by atoms with van der Waals surface area (Å²) in [6, 6.07) is 5.25. The van der Waals surface area contributed by atoms with Crippen LogP contribution in [0.5, 0.6) is 11.5 Å². The first-order valence-electron chi connectivity index (χ1n) is 3.14. The van der Waals surface area contributed by atoms with E-state index >= 15 is 0 Å². The molecule has 0 amide bonds. The van der Waals surface area contributed by atoms with E-state index in [0.29, 0.717) is 5.75 Å². The molecular formula is C8H8O2S. The molecule has 1 aromatic carbocycles. The molecule has 0 aliphatic rings. The van der Waals surface area contributed by atoms with Gasteiger partial charge in [0.05, 0.1) is 0 Å². The van der Waals surface area contributed by atoms with Gasteiger partial charge in [0.2, 0.25) is 0 Å². The van der Waals surface area contributed by atoms with Crippen LogP contribution in [0, 0.1) is 6.92 Å². The Morgan fingerprint density at radius 3 is 2.91 bits per heavy atom. The summed E-state index contributed by atoms with van der Waals surface area (Å²) in [6.07, 6.45) is 0. The van der Waals surface area contributed by atoms with Crippen molar-refractivity contribution in [1.82, 2.24) is 0 Å². The third kappa shape index (κ3) is 1.68. The van der Waals surface area contributed by atoms with Crippen molar-refractivity contribution in [3.63, 3.8) is 0 Å². The van der Waals surface area contributed by atoms with E-state index in [4.69, 9.17) is 4.74 Å². The zero-order chi connectivity index (χ0) is 8.27. The van der Waals surface area contributed by atoms with Gasteiger partial charge in [0.1, 0.15) is 0 Å². The molecule has 11 heavy (non-hydrogen) atoms. The highest BCUT2D eigenvalue weighted by Crippen LogP contribution is 2.28. The quantitative estimate of drug-likeness (QED) is 0.685. The largest absolute Gasteiger partial charge is 0.504 e. The minimum Gasteiger partial charge on any atom is -0.504 e. The minimum atomic E-state index is 0.147. The molecule has 1 aromatic rings. The zero-order valence-corrected chi connectivity index (χ0v) is 6.89. The molecule has 0 spiro atoms. The molecule has 0 atom stereocenters. The first-order valence-corrected chi connectivity index (χ1v) is 3.61. The van der Waals surface area contributed by atoms with Crippen molar-refractivity contribution >= 4 is 17.8 Å². The average molecular weight is 168 g/mol. The van der Waals surface area contributed by atoms with E-state index in [2.05, 4.69) is 12.2 Å². The number of hydrogen-bond donors (Lipinski definition) is 1. The summed E-state index contributed by atoms with van der Waals surface area (Å²) in [4.78, 5) is 0. The maximum Gasteiger partial charge on any atom is 0.169 e. The number of para-hydroxylation sites is 1. The number of benzene rings is 1. The summed E-state index contributed by atoms with van der Waals surface area (Å²) in [5, 5.41) is 9.34. The molecule has 0 aromatic heterocycles. The first kappa shape index (κ1) is 8.01. The van der Waals surface area contributed by atoms with Gasteiger partial charge >= 0.3 is 0 Å². The third-order valence-corrected chi connectivity index (χ3v) is 1.47. The van der Waals surface area contributed by atoms with E-state index in [1.165, 1.54) is 0 Å². The lowest BCUT2D eigenvalue weighted by atomic mass is 10.2. The normalized spacial score (nSPS) is 9.18. The van der Waals surface area contributed by atoms with Gasteiger partial charge in [-0.2, -0.15) is 0 Å². The van der Waals surface area contributed by atoms with E-state index in [1.807, 2.05) is 0 Å². The molecule has 0 aliphatic heterocycles. The predicted molar refractivity (Wildman–Crippen MR) is 47.1 cm³/mol. The van der Waals surface area contributed by atoms with Crippen LogP contribution in [-0.2, 0) is 0 Å². The van der Waals surface area contributed by atoms with Crippen molar-refractivity contribution in [3.8, 4) is 11.5 Å². The van der Waals surface area contributed by atoms with Crippen LogP contribution >= 0.6 is 12.2 Å². The Bertz CT molecular complexity index is 271. The lowest BCUT2D eigenvalue weighted by molar-refractivity contribution is 0.437. The van der Waals surface area contributed by atoms with Gasteiger partial charge in [0.15, 0.2) is 17.1 Å². The Labute approximate surface area is 70.4 Å². The average Bonchev–Trinajstić information content (AvgIpc) is 1.99. The Balaban J connectivity index is 3.05. The van der Waals surface area contributed by atoms with Crippen molar-refractivity contribution in [1.29, 1.82) is 0 Å². The molecule has 1 N–H and O–H groups in total. The predicted octanol–water partition coefficient (Wildman–Crippen LogP) is 2.04. The van der Waals surface area contributed by atoms with Crippen LogP contribution in [0.2, 0.25) is 0 Å². The van der Waals surface area contributed by atoms with E-state index in [0.717, 1.165) is 11.1 Å². The molecule has 2 nitrogen and oxygen atoms in total. The maximum atomic E-state index is 9.34. The smallest absolute Gasteiger partial charge is 0.169 e. The number of phenolic OH excluding ortho intramolecular Hbond substituents is 1. The van der Waals surface area contributed by atoms with Gasteiger partial charge in [-0.1, -0.05) is 12.1 Å². The molecular weight excluding hydrogens is 160 g/mol. The van der Waals surface area contributed by atoms with Gasteiger partial charge in [-0.3, -0.25) is 0 Å². The summed E-state index contributed by atoms with van der Waals surface area (Å²) in [5.41, 5.74) is 1.90. The molecule has 0 radical (unpaired) electrons. The second-order valence-electron chi connectivity index (χ2n) is 2.14. The summed E-state index contributed by atoms with van der Waals surface area (Å²) < 4.78 is 4.86. The fourth-order valence-corrected chi connectivity index (χ4v) is 0.883. The second kappa shape index (κ2) is 3.34. The molecule has 0 heterocycles. The monoisotopic (exact) mass is 168 g/mol. The molecule has 1 rings (SSSR count). The summed E-state index contributed by atoms with van der Waals surface area (Å²) >= 11 is 4.48. The van der Waals surface area contributed by atoms with Crippen LogP contribution in [0.15, 0.2) is 18.2 Å². The van der Waals surface area contributed by atoms with E-state index in [1.54, 1.807) is 25.1 Å². The van der Waals surface area contributed by atoms with Gasteiger partial charge in [0.25, 0.3) is 0 Å². The summed E-state index contributed by atoms with van der Waals surface area (Å²) in [6.45, 7) is 1.80. The number of aromatic hydroxyl groups is 1. The third-order valence-electron chi connectivity index (χ3n) is 1.38. The van der Waals surface area contributed by atoms with Crippen LogP contribution in [0.3, 0.4) is 0 Å². The van der Waals surface area contributed by atoms with Gasteiger partial charge in [-0.15, -0.1) is 0 Å². The maximum absolute atomic E-state index is 9.34. The molecule has 0 saturated heterocycles. The van der Waals surface area contributed by atoms with E-state index < -0.39 is 0 Å². The number of thiocarbonyl (C=S) groups is 1. The lowest BCUT2D eigenvalue weighted by Gasteiger charge is -2.03. The molecule has 0 fully saturated rings. The van der Waals surface area contributed by atoms with Crippen molar-refractivity contribution in [2.24, 2.45) is 0 Å². The van der Waals surface area contributed by atoms with E-state index in [9.17, 15) is 5.11 Å². The standard InChI is InChI=1S/C8H8O2S/c1-6-3-2-4-7(8(6)9)10-5-11/h2-5,9H,1H3. The Morgan fingerprint density at radius 2 is 2.27 bits per heavy atom. The number of hydrogen-bond acceptors (Lipinski definition) is 3. The number of rotatable bonds is 2. The molecule has 58 valence electrons. The zero-order valence-electron chi connectivity index (χ0n) is 6.07. The van der Waals surface area contributed by atoms with E-state index in [-0.39, 0.29) is 5.75 Å². The molecule has 0 unspecified atom stereocenters. The number of aryl methyl sites for hydroxylation is 1. The van der Waals surface area contributed by atoms with Crippen LogP contribution in [0.4, 0.5) is 0 Å². The topological polar surface area (TPSA) is 29.5 Å². The SMILES string of the molecule is Cc1cccc(OC=S)c1O. The number of ether oxygens (including phenoxy) is 1.